The number of carbonyl (C=O) groups excluding carboxylic acids is 1. The Morgan fingerprint density at radius 3 is 2.43 bits per heavy atom. The van der Waals surface area contributed by atoms with Gasteiger partial charge in [0.1, 0.15) is 17.3 Å². The summed E-state index contributed by atoms with van der Waals surface area (Å²) in [6.45, 7) is 9.87. The smallest absolute Gasteiger partial charge is 0.270 e. The van der Waals surface area contributed by atoms with E-state index in [0.29, 0.717) is 25.6 Å². The van der Waals surface area contributed by atoms with Crippen molar-refractivity contribution in [2.45, 2.75) is 33.2 Å². The maximum Gasteiger partial charge on any atom is 0.270 e. The van der Waals surface area contributed by atoms with Crippen LogP contribution < -0.4 is 4.90 Å². The Morgan fingerprint density at radius 1 is 1.00 bits per heavy atom. The van der Waals surface area contributed by atoms with Gasteiger partial charge in [-0.1, -0.05) is 44.2 Å². The molecule has 0 atom stereocenters. The third-order valence-electron chi connectivity index (χ3n) is 5.51. The van der Waals surface area contributed by atoms with Crippen LogP contribution >= 0.6 is 0 Å². The van der Waals surface area contributed by atoms with Crippen LogP contribution in [0.2, 0.25) is 0 Å². The second-order valence-electron chi connectivity index (χ2n) is 8.17. The molecule has 0 saturated carbocycles. The van der Waals surface area contributed by atoms with Crippen molar-refractivity contribution in [3.05, 3.63) is 77.5 Å². The van der Waals surface area contributed by atoms with E-state index in [1.807, 2.05) is 59.0 Å². The zero-order chi connectivity index (χ0) is 21.1. The molecule has 0 radical (unpaired) electrons. The summed E-state index contributed by atoms with van der Waals surface area (Å²) < 4.78 is 2.03. The monoisotopic (exact) mass is 403 g/mol. The number of aryl methyl sites for hydroxylation is 1. The van der Waals surface area contributed by atoms with Gasteiger partial charge >= 0.3 is 0 Å². The summed E-state index contributed by atoms with van der Waals surface area (Å²) in [5.74, 6) is 2.23. The molecule has 30 heavy (non-hydrogen) atoms. The summed E-state index contributed by atoms with van der Waals surface area (Å²) in [7, 11) is 0. The molecule has 0 aliphatic carbocycles. The summed E-state index contributed by atoms with van der Waals surface area (Å²) >= 11 is 0. The highest BCUT2D eigenvalue weighted by Crippen LogP contribution is 2.20. The number of amides is 1. The Labute approximate surface area is 178 Å². The fraction of sp³-hybridized carbons (Fsp3) is 0.375. The number of rotatable bonds is 5. The highest BCUT2D eigenvalue weighted by atomic mass is 16.2. The fourth-order valence-electron chi connectivity index (χ4n) is 3.82. The topological polar surface area (TPSA) is 54.3 Å². The van der Waals surface area contributed by atoms with E-state index in [0.717, 1.165) is 36.1 Å². The van der Waals surface area contributed by atoms with Gasteiger partial charge in [-0.05, 0) is 24.6 Å². The van der Waals surface area contributed by atoms with Gasteiger partial charge in [-0.25, -0.2) is 9.97 Å². The van der Waals surface area contributed by atoms with Gasteiger partial charge in [-0.3, -0.25) is 4.79 Å². The predicted octanol–water partition coefficient (Wildman–Crippen LogP) is 3.72. The van der Waals surface area contributed by atoms with Crippen molar-refractivity contribution in [3.63, 3.8) is 0 Å². The molecule has 1 aromatic carbocycles. The van der Waals surface area contributed by atoms with Gasteiger partial charge < -0.3 is 14.4 Å². The maximum absolute atomic E-state index is 13.2. The molecule has 156 valence electrons. The lowest BCUT2D eigenvalue weighted by atomic mass is 10.2. The Morgan fingerprint density at radius 2 is 1.73 bits per heavy atom. The molecule has 0 spiro atoms. The first kappa shape index (κ1) is 20.1. The number of carbonyl (C=O) groups is 1. The largest absolute Gasteiger partial charge is 0.353 e. The van der Waals surface area contributed by atoms with E-state index >= 15 is 0 Å². The normalized spacial score (nSPS) is 14.4. The van der Waals surface area contributed by atoms with Gasteiger partial charge in [0.05, 0.1) is 0 Å². The number of piperazine rings is 1. The highest BCUT2D eigenvalue weighted by Gasteiger charge is 2.25. The molecular weight excluding hydrogens is 374 g/mol. The summed E-state index contributed by atoms with van der Waals surface area (Å²) in [6, 6.07) is 16.1. The van der Waals surface area contributed by atoms with Crippen molar-refractivity contribution in [1.29, 1.82) is 0 Å². The van der Waals surface area contributed by atoms with Crippen molar-refractivity contribution in [3.8, 4) is 0 Å². The molecule has 6 nitrogen and oxygen atoms in total. The van der Waals surface area contributed by atoms with Crippen LogP contribution in [0.4, 0.5) is 5.82 Å². The molecule has 1 aliphatic heterocycles. The number of benzene rings is 1. The molecule has 0 unspecified atom stereocenters. The van der Waals surface area contributed by atoms with Crippen LogP contribution in [0.15, 0.2) is 54.7 Å². The molecule has 1 fully saturated rings. The number of hydrogen-bond acceptors (Lipinski definition) is 4. The summed E-state index contributed by atoms with van der Waals surface area (Å²) in [4.78, 5) is 26.7. The highest BCUT2D eigenvalue weighted by molar-refractivity contribution is 5.93. The Hall–Kier alpha value is -3.15. The van der Waals surface area contributed by atoms with Crippen LogP contribution in [0.5, 0.6) is 0 Å². The Bertz CT molecular complexity index is 1000. The van der Waals surface area contributed by atoms with E-state index in [4.69, 9.17) is 4.98 Å². The van der Waals surface area contributed by atoms with Gasteiger partial charge in [-0.15, -0.1) is 0 Å². The molecule has 4 rings (SSSR count). The zero-order valence-corrected chi connectivity index (χ0v) is 18.0. The summed E-state index contributed by atoms with van der Waals surface area (Å²) in [5.41, 5.74) is 2.92. The molecule has 6 heteroatoms. The molecule has 3 aromatic rings. The van der Waals surface area contributed by atoms with E-state index < -0.39 is 0 Å². The maximum atomic E-state index is 13.2. The van der Waals surface area contributed by atoms with E-state index in [1.54, 1.807) is 0 Å². The minimum Gasteiger partial charge on any atom is -0.353 e. The van der Waals surface area contributed by atoms with Crippen molar-refractivity contribution in [1.82, 2.24) is 19.4 Å². The third-order valence-corrected chi connectivity index (χ3v) is 5.51. The fourth-order valence-corrected chi connectivity index (χ4v) is 3.82. The lowest BCUT2D eigenvalue weighted by Gasteiger charge is -2.35. The minimum atomic E-state index is 0.0947. The zero-order valence-electron chi connectivity index (χ0n) is 18.0. The molecule has 2 aromatic heterocycles. The summed E-state index contributed by atoms with van der Waals surface area (Å²) in [6.07, 6.45) is 1.98. The van der Waals surface area contributed by atoms with Crippen molar-refractivity contribution in [2.24, 2.45) is 0 Å². The quantitative estimate of drug-likeness (QED) is 0.652. The second kappa shape index (κ2) is 8.69. The number of nitrogens with zero attached hydrogens (tertiary/aromatic N) is 5. The van der Waals surface area contributed by atoms with E-state index in [9.17, 15) is 4.79 Å². The van der Waals surface area contributed by atoms with Crippen LogP contribution in [0.1, 0.15) is 47.3 Å². The molecule has 1 amide bonds. The van der Waals surface area contributed by atoms with Crippen molar-refractivity contribution >= 4 is 11.7 Å². The van der Waals surface area contributed by atoms with Crippen LogP contribution in [-0.2, 0) is 6.54 Å². The van der Waals surface area contributed by atoms with Crippen molar-refractivity contribution < 1.29 is 4.79 Å². The molecule has 0 N–H and O–H groups in total. The van der Waals surface area contributed by atoms with Gasteiger partial charge in [0, 0.05) is 56.6 Å². The Kier molecular flexibility index (Phi) is 5.84. The molecule has 1 saturated heterocycles. The van der Waals surface area contributed by atoms with E-state index in [2.05, 4.69) is 35.9 Å². The first-order chi connectivity index (χ1) is 14.5. The van der Waals surface area contributed by atoms with Gasteiger partial charge in [-0.2, -0.15) is 0 Å². The lowest BCUT2D eigenvalue weighted by molar-refractivity contribution is 0.0736. The van der Waals surface area contributed by atoms with Gasteiger partial charge in [0.2, 0.25) is 0 Å². The average Bonchev–Trinajstić information content (AvgIpc) is 3.21. The molecular formula is C24H29N5O. The Balaban J connectivity index is 1.43. The number of hydrogen-bond donors (Lipinski definition) is 0. The standard InChI is InChI=1S/C24H29N5O/c1-18(2)23-25-19(3)16-22(26-23)27-12-14-28(15-13-27)24(30)21-10-7-11-29(21)17-20-8-5-4-6-9-20/h4-11,16,18H,12-15,17H2,1-3H3. The summed E-state index contributed by atoms with van der Waals surface area (Å²) in [5, 5.41) is 0. The number of aromatic nitrogens is 3. The number of anilines is 1. The van der Waals surface area contributed by atoms with Crippen molar-refractivity contribution in [2.75, 3.05) is 31.1 Å². The minimum absolute atomic E-state index is 0.0947. The second-order valence-corrected chi connectivity index (χ2v) is 8.17. The predicted molar refractivity (Wildman–Crippen MR) is 119 cm³/mol. The van der Waals surface area contributed by atoms with E-state index in [-0.39, 0.29) is 5.91 Å². The van der Waals surface area contributed by atoms with Crippen LogP contribution in [0.3, 0.4) is 0 Å². The first-order valence-electron chi connectivity index (χ1n) is 10.6. The van der Waals surface area contributed by atoms with Gasteiger partial charge in [0.15, 0.2) is 0 Å². The SMILES string of the molecule is Cc1cc(N2CCN(C(=O)c3cccn3Cc3ccccc3)CC2)nc(C(C)C)n1. The third kappa shape index (κ3) is 4.37. The van der Waals surface area contributed by atoms with Crippen LogP contribution in [-0.4, -0.2) is 51.5 Å². The lowest BCUT2D eigenvalue weighted by Crippen LogP contribution is -2.49. The average molecular weight is 404 g/mol. The van der Waals surface area contributed by atoms with Gasteiger partial charge in [0.25, 0.3) is 5.91 Å². The first-order valence-corrected chi connectivity index (χ1v) is 10.6. The van der Waals surface area contributed by atoms with Crippen LogP contribution in [0.25, 0.3) is 0 Å². The molecule has 3 heterocycles. The van der Waals surface area contributed by atoms with Crippen LogP contribution in [0, 0.1) is 6.92 Å². The van der Waals surface area contributed by atoms with E-state index in [1.165, 1.54) is 5.56 Å². The molecule has 1 aliphatic rings. The molecule has 0 bridgehead atoms.